The van der Waals surface area contributed by atoms with Gasteiger partial charge in [0.15, 0.2) is 0 Å². The molecule has 1 aromatic rings. The van der Waals surface area contributed by atoms with Crippen LogP contribution in [0, 0.1) is 12.0 Å². The molecule has 0 aliphatic rings. The molecule has 0 bridgehead atoms. The second-order valence-electron chi connectivity index (χ2n) is 3.28. The van der Waals surface area contributed by atoms with Gasteiger partial charge in [-0.3, -0.25) is 0 Å². The summed E-state index contributed by atoms with van der Waals surface area (Å²) in [6.45, 7) is 4.92. The maximum Gasteiger partial charge on any atom is 2.00 e. The van der Waals surface area contributed by atoms with E-state index in [2.05, 4.69) is 19.9 Å². The zero-order valence-electron chi connectivity index (χ0n) is 9.42. The smallest absolute Gasteiger partial charge is 1.00 e. The Morgan fingerprint density at radius 3 is 2.53 bits per heavy atom. The van der Waals surface area contributed by atoms with Crippen LogP contribution >= 0.6 is 0 Å². The van der Waals surface area contributed by atoms with E-state index in [0.717, 1.165) is 11.5 Å². The molecular formula is C11H15BrMgO2. The minimum absolute atomic E-state index is 0. The summed E-state index contributed by atoms with van der Waals surface area (Å²) in [7, 11) is 1.64. The third kappa shape index (κ3) is 6.27. The van der Waals surface area contributed by atoms with Crippen LogP contribution in [-0.2, 0) is 0 Å². The molecule has 80 valence electrons. The summed E-state index contributed by atoms with van der Waals surface area (Å²) in [6.07, 6.45) is 0. The van der Waals surface area contributed by atoms with Gasteiger partial charge in [-0.05, 0) is 5.92 Å². The van der Waals surface area contributed by atoms with Crippen molar-refractivity contribution in [3.63, 3.8) is 0 Å². The van der Waals surface area contributed by atoms with Crippen LogP contribution in [0.3, 0.4) is 0 Å². The average Bonchev–Trinajstić information content (AvgIpc) is 2.15. The Morgan fingerprint density at radius 2 is 2.00 bits per heavy atom. The van der Waals surface area contributed by atoms with Crippen molar-refractivity contribution < 1.29 is 26.5 Å². The molecular weight excluding hydrogens is 268 g/mol. The third-order valence-corrected chi connectivity index (χ3v) is 1.58. The Labute approximate surface area is 118 Å². The molecule has 0 amide bonds. The minimum atomic E-state index is 0. The van der Waals surface area contributed by atoms with Crippen molar-refractivity contribution in [2.45, 2.75) is 13.8 Å². The van der Waals surface area contributed by atoms with Gasteiger partial charge in [0, 0.05) is 5.75 Å². The van der Waals surface area contributed by atoms with Crippen molar-refractivity contribution in [1.29, 1.82) is 0 Å². The first-order valence-electron chi connectivity index (χ1n) is 4.41. The van der Waals surface area contributed by atoms with Gasteiger partial charge in [-0.25, -0.2) is 0 Å². The maximum atomic E-state index is 5.53. The first-order valence-corrected chi connectivity index (χ1v) is 4.41. The van der Waals surface area contributed by atoms with Crippen molar-refractivity contribution in [2.24, 2.45) is 5.92 Å². The van der Waals surface area contributed by atoms with Crippen molar-refractivity contribution >= 4 is 23.1 Å². The summed E-state index contributed by atoms with van der Waals surface area (Å²) in [5.74, 6) is 2.04. The van der Waals surface area contributed by atoms with E-state index in [1.165, 1.54) is 0 Å². The Kier molecular flexibility index (Phi) is 10.8. The first-order chi connectivity index (χ1) is 6.24. The van der Waals surface area contributed by atoms with Gasteiger partial charge in [0.25, 0.3) is 0 Å². The van der Waals surface area contributed by atoms with Gasteiger partial charge in [-0.1, -0.05) is 13.8 Å². The van der Waals surface area contributed by atoms with Crippen LogP contribution in [0.25, 0.3) is 0 Å². The van der Waals surface area contributed by atoms with Gasteiger partial charge in [0.2, 0.25) is 0 Å². The van der Waals surface area contributed by atoms with E-state index in [1.807, 2.05) is 6.07 Å². The zero-order chi connectivity index (χ0) is 9.68. The largest absolute Gasteiger partial charge is 2.00 e. The standard InChI is InChI=1S/C11H15O2.BrH.Mg/c1-9(2)8-13-11-7-5-4-6-10(11)12-3;;/h4,6-7,9H,8H2,1-3H3;1H;/q-1;;+2/p-1. The number of halogens is 1. The van der Waals surface area contributed by atoms with Gasteiger partial charge in [-0.15, -0.1) is 12.1 Å². The fraction of sp³-hybridized carbons (Fsp3) is 0.455. The van der Waals surface area contributed by atoms with Gasteiger partial charge in [0.1, 0.15) is 0 Å². The Balaban J connectivity index is 0. The number of hydrogen-bond acceptors (Lipinski definition) is 2. The summed E-state index contributed by atoms with van der Waals surface area (Å²) in [4.78, 5) is 0. The predicted molar refractivity (Wildman–Crippen MR) is 57.9 cm³/mol. The number of rotatable bonds is 4. The van der Waals surface area contributed by atoms with Crippen LogP contribution in [0.1, 0.15) is 13.8 Å². The summed E-state index contributed by atoms with van der Waals surface area (Å²) < 4.78 is 10.7. The molecule has 0 aliphatic heterocycles. The molecule has 0 N–H and O–H groups in total. The van der Waals surface area contributed by atoms with E-state index < -0.39 is 0 Å². The Bertz CT molecular complexity index is 267. The first kappa shape index (κ1) is 17.5. The summed E-state index contributed by atoms with van der Waals surface area (Å²) in [6, 6.07) is 8.40. The van der Waals surface area contributed by atoms with E-state index in [0.29, 0.717) is 12.5 Å². The fourth-order valence-corrected chi connectivity index (χ4v) is 0.939. The summed E-state index contributed by atoms with van der Waals surface area (Å²) in [5, 5.41) is 0. The van der Waals surface area contributed by atoms with Gasteiger partial charge in [-0.2, -0.15) is 12.1 Å². The molecule has 0 unspecified atom stereocenters. The molecule has 1 rings (SSSR count). The number of hydrogen-bond donors (Lipinski definition) is 0. The van der Waals surface area contributed by atoms with Crippen molar-refractivity contribution in [3.8, 4) is 11.5 Å². The average molecular weight is 283 g/mol. The topological polar surface area (TPSA) is 18.5 Å². The predicted octanol–water partition coefficient (Wildman–Crippen LogP) is -0.847. The van der Waals surface area contributed by atoms with E-state index in [-0.39, 0.29) is 40.0 Å². The molecule has 0 radical (unpaired) electrons. The third-order valence-electron chi connectivity index (χ3n) is 1.58. The maximum absolute atomic E-state index is 5.53. The SMILES string of the molecule is COc1cc[c-]cc1OCC(C)C.[Br-].[Mg+2]. The zero-order valence-corrected chi connectivity index (χ0v) is 12.4. The molecule has 15 heavy (non-hydrogen) atoms. The second kappa shape index (κ2) is 9.30. The van der Waals surface area contributed by atoms with Crippen LogP contribution in [0.4, 0.5) is 0 Å². The van der Waals surface area contributed by atoms with Crippen LogP contribution in [0.2, 0.25) is 0 Å². The van der Waals surface area contributed by atoms with Crippen molar-refractivity contribution in [1.82, 2.24) is 0 Å². The molecule has 0 saturated carbocycles. The van der Waals surface area contributed by atoms with E-state index in [9.17, 15) is 0 Å². The van der Waals surface area contributed by atoms with E-state index in [1.54, 1.807) is 19.2 Å². The monoisotopic (exact) mass is 282 g/mol. The molecule has 0 heterocycles. The molecule has 4 heteroatoms. The molecule has 0 spiro atoms. The molecule has 0 aromatic heterocycles. The molecule has 0 atom stereocenters. The van der Waals surface area contributed by atoms with E-state index in [4.69, 9.17) is 9.47 Å². The van der Waals surface area contributed by atoms with Crippen LogP contribution in [-0.4, -0.2) is 36.8 Å². The summed E-state index contributed by atoms with van der Waals surface area (Å²) in [5.41, 5.74) is 0. The van der Waals surface area contributed by atoms with Crippen LogP contribution in [0.5, 0.6) is 11.5 Å². The Hall–Kier alpha value is 0.0662. The molecule has 1 aromatic carbocycles. The van der Waals surface area contributed by atoms with Crippen LogP contribution < -0.4 is 26.5 Å². The number of benzene rings is 1. The quantitative estimate of drug-likeness (QED) is 0.530. The van der Waals surface area contributed by atoms with Gasteiger partial charge < -0.3 is 26.5 Å². The van der Waals surface area contributed by atoms with Crippen molar-refractivity contribution in [2.75, 3.05) is 13.7 Å². The number of methoxy groups -OCH3 is 1. The summed E-state index contributed by atoms with van der Waals surface area (Å²) >= 11 is 0. The van der Waals surface area contributed by atoms with Gasteiger partial charge >= 0.3 is 23.1 Å². The molecule has 2 nitrogen and oxygen atoms in total. The fourth-order valence-electron chi connectivity index (χ4n) is 0.939. The minimum Gasteiger partial charge on any atom is -1.00 e. The Morgan fingerprint density at radius 1 is 1.33 bits per heavy atom. The molecule has 0 saturated heterocycles. The van der Waals surface area contributed by atoms with Crippen LogP contribution in [0.15, 0.2) is 18.2 Å². The second-order valence-corrected chi connectivity index (χ2v) is 3.28. The number of ether oxygens (including phenoxy) is 2. The molecule has 0 aliphatic carbocycles. The van der Waals surface area contributed by atoms with E-state index >= 15 is 0 Å². The van der Waals surface area contributed by atoms with Gasteiger partial charge in [0.05, 0.1) is 19.5 Å². The van der Waals surface area contributed by atoms with Crippen molar-refractivity contribution in [3.05, 3.63) is 24.3 Å². The molecule has 0 fully saturated rings. The normalized spacial score (nSPS) is 8.80.